The number of rotatable bonds is 21. The minimum Gasteiger partial charge on any atom is -0.492 e. The van der Waals surface area contributed by atoms with Crippen molar-refractivity contribution in [1.29, 1.82) is 0 Å². The number of aryl methyl sites for hydroxylation is 1. The standard InChI is InChI=1S/C37H55N3O2/c1-3-5-6-7-8-9-10-11-12-13-14-15-16-17-18-23-28-39-33-25-20-19-24-32(33)38-37(39)31-29-36(41)40(30-31)34-26-21-22-27-35(34)42-4-2/h19-22,24-27,31H,3-18,23,28-30H2,1-2H3. The van der Waals surface area contributed by atoms with Crippen LogP contribution in [-0.2, 0) is 11.3 Å². The van der Waals surface area contributed by atoms with E-state index in [1.54, 1.807) is 0 Å². The van der Waals surface area contributed by atoms with Gasteiger partial charge in [-0.25, -0.2) is 4.98 Å². The Morgan fingerprint density at radius 2 is 1.31 bits per heavy atom. The molecule has 1 unspecified atom stereocenters. The van der Waals surface area contributed by atoms with Gasteiger partial charge in [-0.05, 0) is 37.6 Å². The van der Waals surface area contributed by atoms with Gasteiger partial charge in [0.2, 0.25) is 5.91 Å². The molecule has 0 spiro atoms. The van der Waals surface area contributed by atoms with Gasteiger partial charge in [-0.2, -0.15) is 0 Å². The highest BCUT2D eigenvalue weighted by atomic mass is 16.5. The second-order valence-electron chi connectivity index (χ2n) is 12.2. The Bertz CT molecular complexity index is 1200. The number of unbranched alkanes of at least 4 members (excludes halogenated alkanes) is 15. The second kappa shape index (κ2) is 18.0. The maximum atomic E-state index is 13.2. The molecule has 0 N–H and O–H groups in total. The van der Waals surface area contributed by atoms with E-state index in [-0.39, 0.29) is 11.8 Å². The molecule has 1 aliphatic rings. The first-order chi connectivity index (χ1) is 20.7. The molecule has 4 rings (SSSR count). The molecule has 1 saturated heterocycles. The number of para-hydroxylation sites is 4. The Morgan fingerprint density at radius 3 is 1.95 bits per heavy atom. The van der Waals surface area contributed by atoms with E-state index >= 15 is 0 Å². The molecule has 1 fully saturated rings. The van der Waals surface area contributed by atoms with Crippen LogP contribution < -0.4 is 9.64 Å². The quantitative estimate of drug-likeness (QED) is 0.119. The third-order valence-corrected chi connectivity index (χ3v) is 8.87. The summed E-state index contributed by atoms with van der Waals surface area (Å²) in [7, 11) is 0. The number of hydrogen-bond acceptors (Lipinski definition) is 3. The van der Waals surface area contributed by atoms with Gasteiger partial charge in [0.05, 0.1) is 23.3 Å². The maximum absolute atomic E-state index is 13.2. The minimum atomic E-state index is 0.0839. The van der Waals surface area contributed by atoms with Crippen molar-refractivity contribution >= 4 is 22.6 Å². The number of ether oxygens (including phenoxy) is 1. The number of aromatic nitrogens is 2. The monoisotopic (exact) mass is 573 g/mol. The van der Waals surface area contributed by atoms with Crippen LogP contribution in [0.25, 0.3) is 11.0 Å². The van der Waals surface area contributed by atoms with Crippen LogP contribution in [0.1, 0.15) is 135 Å². The zero-order valence-electron chi connectivity index (χ0n) is 26.5. The van der Waals surface area contributed by atoms with Crippen LogP contribution in [-0.4, -0.2) is 28.6 Å². The van der Waals surface area contributed by atoms with Crippen LogP contribution in [0.15, 0.2) is 48.5 Å². The van der Waals surface area contributed by atoms with Crippen molar-refractivity contribution in [1.82, 2.24) is 9.55 Å². The molecule has 0 aliphatic carbocycles. The van der Waals surface area contributed by atoms with Gasteiger partial charge in [0, 0.05) is 25.4 Å². The number of imidazole rings is 1. The smallest absolute Gasteiger partial charge is 0.227 e. The summed E-state index contributed by atoms with van der Waals surface area (Å²) >= 11 is 0. The number of nitrogens with zero attached hydrogens (tertiary/aromatic N) is 3. The number of carbonyl (C=O) groups is 1. The van der Waals surface area contributed by atoms with Crippen LogP contribution in [0.4, 0.5) is 5.69 Å². The van der Waals surface area contributed by atoms with Gasteiger partial charge in [0.1, 0.15) is 11.6 Å². The second-order valence-corrected chi connectivity index (χ2v) is 12.2. The van der Waals surface area contributed by atoms with Crippen molar-refractivity contribution in [3.8, 4) is 5.75 Å². The molecule has 2 aromatic carbocycles. The molecular weight excluding hydrogens is 518 g/mol. The van der Waals surface area contributed by atoms with E-state index in [2.05, 4.69) is 35.8 Å². The van der Waals surface area contributed by atoms with Crippen LogP contribution in [0.5, 0.6) is 5.75 Å². The first-order valence-electron chi connectivity index (χ1n) is 17.2. The summed E-state index contributed by atoms with van der Waals surface area (Å²) in [6, 6.07) is 16.3. The Morgan fingerprint density at radius 1 is 0.738 bits per heavy atom. The SMILES string of the molecule is CCCCCCCCCCCCCCCCCCn1c(C2CC(=O)N(c3ccccc3OCC)C2)nc2ccccc21. The van der Waals surface area contributed by atoms with E-state index in [1.807, 2.05) is 36.1 Å². The number of carbonyl (C=O) groups excluding carboxylic acids is 1. The van der Waals surface area contributed by atoms with Crippen LogP contribution in [0.2, 0.25) is 0 Å². The van der Waals surface area contributed by atoms with Crippen LogP contribution >= 0.6 is 0 Å². The molecule has 2 heterocycles. The van der Waals surface area contributed by atoms with E-state index in [0.717, 1.165) is 35.7 Å². The number of anilines is 1. The number of hydrogen-bond donors (Lipinski definition) is 0. The molecule has 5 nitrogen and oxygen atoms in total. The zero-order chi connectivity index (χ0) is 29.4. The van der Waals surface area contributed by atoms with Gasteiger partial charge in [0.25, 0.3) is 0 Å². The van der Waals surface area contributed by atoms with E-state index in [9.17, 15) is 4.79 Å². The fourth-order valence-electron chi connectivity index (χ4n) is 6.53. The normalized spacial score (nSPS) is 15.2. The van der Waals surface area contributed by atoms with Gasteiger partial charge in [-0.1, -0.05) is 128 Å². The van der Waals surface area contributed by atoms with Gasteiger partial charge in [-0.3, -0.25) is 4.79 Å². The van der Waals surface area contributed by atoms with Crippen molar-refractivity contribution < 1.29 is 9.53 Å². The lowest BCUT2D eigenvalue weighted by Gasteiger charge is -2.20. The van der Waals surface area contributed by atoms with Gasteiger partial charge >= 0.3 is 0 Å². The van der Waals surface area contributed by atoms with Crippen LogP contribution in [0.3, 0.4) is 0 Å². The molecule has 0 saturated carbocycles. The average molecular weight is 574 g/mol. The lowest BCUT2D eigenvalue weighted by atomic mass is 10.0. The molecule has 42 heavy (non-hydrogen) atoms. The molecule has 0 radical (unpaired) electrons. The van der Waals surface area contributed by atoms with E-state index in [0.29, 0.717) is 19.6 Å². The van der Waals surface area contributed by atoms with E-state index < -0.39 is 0 Å². The molecular formula is C37H55N3O2. The number of fused-ring (bicyclic) bond motifs is 1. The van der Waals surface area contributed by atoms with Crippen molar-refractivity contribution in [2.45, 2.75) is 135 Å². The summed E-state index contributed by atoms with van der Waals surface area (Å²) in [6.45, 7) is 6.46. The highest BCUT2D eigenvalue weighted by Crippen LogP contribution is 2.37. The summed E-state index contributed by atoms with van der Waals surface area (Å²) in [4.78, 5) is 20.1. The lowest BCUT2D eigenvalue weighted by Crippen LogP contribution is -2.25. The molecule has 1 aliphatic heterocycles. The van der Waals surface area contributed by atoms with Crippen molar-refractivity contribution in [3.05, 3.63) is 54.4 Å². The fourth-order valence-corrected chi connectivity index (χ4v) is 6.53. The Labute approximate surface area is 255 Å². The number of amides is 1. The molecule has 1 amide bonds. The molecule has 0 bridgehead atoms. The largest absolute Gasteiger partial charge is 0.492 e. The summed E-state index contributed by atoms with van der Waals surface area (Å²) in [5.74, 6) is 2.06. The zero-order valence-corrected chi connectivity index (χ0v) is 26.5. The van der Waals surface area contributed by atoms with Gasteiger partial charge < -0.3 is 14.2 Å². The van der Waals surface area contributed by atoms with Crippen molar-refractivity contribution in [2.75, 3.05) is 18.1 Å². The van der Waals surface area contributed by atoms with E-state index in [4.69, 9.17) is 9.72 Å². The molecule has 5 heteroatoms. The summed E-state index contributed by atoms with van der Waals surface area (Å²) < 4.78 is 8.23. The number of benzene rings is 2. The topological polar surface area (TPSA) is 47.4 Å². The van der Waals surface area contributed by atoms with Gasteiger partial charge in [-0.15, -0.1) is 0 Å². The molecule has 1 aromatic heterocycles. The first kappa shape index (κ1) is 32.1. The fraction of sp³-hybridized carbons (Fsp3) is 0.622. The molecule has 1 atom stereocenters. The highest BCUT2D eigenvalue weighted by Gasteiger charge is 2.35. The average Bonchev–Trinajstić information content (AvgIpc) is 3.57. The van der Waals surface area contributed by atoms with Crippen molar-refractivity contribution in [3.63, 3.8) is 0 Å². The highest BCUT2D eigenvalue weighted by molar-refractivity contribution is 5.97. The third kappa shape index (κ3) is 9.34. The molecule has 3 aromatic rings. The first-order valence-corrected chi connectivity index (χ1v) is 17.2. The van der Waals surface area contributed by atoms with Gasteiger partial charge in [0.15, 0.2) is 0 Å². The summed E-state index contributed by atoms with van der Waals surface area (Å²) in [5, 5.41) is 0. The van der Waals surface area contributed by atoms with Crippen molar-refractivity contribution in [2.24, 2.45) is 0 Å². The van der Waals surface area contributed by atoms with Crippen LogP contribution in [0, 0.1) is 0 Å². The summed E-state index contributed by atoms with van der Waals surface area (Å²) in [5.41, 5.74) is 3.09. The predicted octanol–water partition coefficient (Wildman–Crippen LogP) is 10.2. The lowest BCUT2D eigenvalue weighted by molar-refractivity contribution is -0.117. The minimum absolute atomic E-state index is 0.0839. The maximum Gasteiger partial charge on any atom is 0.227 e. The summed E-state index contributed by atoms with van der Waals surface area (Å²) in [6.07, 6.45) is 22.5. The Hall–Kier alpha value is -2.82. The Kier molecular flexibility index (Phi) is 13.7. The van der Waals surface area contributed by atoms with E-state index in [1.165, 1.54) is 102 Å². The third-order valence-electron chi connectivity index (χ3n) is 8.87. The predicted molar refractivity (Wildman–Crippen MR) is 177 cm³/mol. The Balaban J connectivity index is 1.20. The molecule has 230 valence electrons.